The maximum atomic E-state index is 8.94. The molecule has 0 radical (unpaired) electrons. The second-order valence-electron chi connectivity index (χ2n) is 4.31. The van der Waals surface area contributed by atoms with Gasteiger partial charge in [-0.1, -0.05) is 24.3 Å². The minimum absolute atomic E-state index is 0.349. The van der Waals surface area contributed by atoms with E-state index < -0.39 is 0 Å². The van der Waals surface area contributed by atoms with E-state index in [-0.39, 0.29) is 0 Å². The molecule has 0 spiro atoms. The van der Waals surface area contributed by atoms with Crippen molar-refractivity contribution in [2.24, 2.45) is 0 Å². The van der Waals surface area contributed by atoms with Crippen molar-refractivity contribution >= 4 is 0 Å². The van der Waals surface area contributed by atoms with Crippen LogP contribution < -0.4 is 9.47 Å². The molecule has 4 heteroatoms. The van der Waals surface area contributed by atoms with Gasteiger partial charge in [0.2, 0.25) is 0 Å². The van der Waals surface area contributed by atoms with Crippen LogP contribution in [0.1, 0.15) is 11.1 Å². The third kappa shape index (κ3) is 4.13. The van der Waals surface area contributed by atoms with Crippen LogP contribution in [0.3, 0.4) is 0 Å². The fourth-order valence-electron chi connectivity index (χ4n) is 1.78. The van der Waals surface area contributed by atoms with E-state index in [0.29, 0.717) is 35.8 Å². The smallest absolute Gasteiger partial charge is 0.137 e. The second kappa shape index (κ2) is 8.14. The van der Waals surface area contributed by atoms with E-state index in [1.807, 2.05) is 24.3 Å². The maximum Gasteiger partial charge on any atom is 0.137 e. The summed E-state index contributed by atoms with van der Waals surface area (Å²) in [5.41, 5.74) is 1.02. The molecular formula is C18H14N2O2. The van der Waals surface area contributed by atoms with Gasteiger partial charge >= 0.3 is 0 Å². The zero-order valence-corrected chi connectivity index (χ0v) is 11.9. The Morgan fingerprint density at radius 1 is 0.727 bits per heavy atom. The van der Waals surface area contributed by atoms with Crippen molar-refractivity contribution in [3.63, 3.8) is 0 Å². The predicted octanol–water partition coefficient (Wildman–Crippen LogP) is 3.44. The molecule has 0 fully saturated rings. The Morgan fingerprint density at radius 3 is 1.55 bits per heavy atom. The third-order valence-electron chi connectivity index (χ3n) is 2.85. The van der Waals surface area contributed by atoms with Crippen molar-refractivity contribution in [2.45, 2.75) is 0 Å². The fraction of sp³-hybridized carbons (Fsp3) is 0.111. The zero-order valence-electron chi connectivity index (χ0n) is 11.9. The van der Waals surface area contributed by atoms with E-state index in [1.54, 1.807) is 36.4 Å². The highest BCUT2D eigenvalue weighted by molar-refractivity contribution is 5.43. The van der Waals surface area contributed by atoms with E-state index in [9.17, 15) is 0 Å². The van der Waals surface area contributed by atoms with Gasteiger partial charge in [-0.25, -0.2) is 0 Å². The van der Waals surface area contributed by atoms with Gasteiger partial charge in [0.15, 0.2) is 0 Å². The first-order valence-electron chi connectivity index (χ1n) is 6.74. The van der Waals surface area contributed by atoms with Crippen LogP contribution in [0.2, 0.25) is 0 Å². The minimum atomic E-state index is 0.349. The average Bonchev–Trinajstić information content (AvgIpc) is 2.58. The van der Waals surface area contributed by atoms with E-state index in [4.69, 9.17) is 20.0 Å². The summed E-state index contributed by atoms with van der Waals surface area (Å²) in [4.78, 5) is 0. The van der Waals surface area contributed by atoms with Gasteiger partial charge < -0.3 is 9.47 Å². The largest absolute Gasteiger partial charge is 0.488 e. The molecule has 0 atom stereocenters. The van der Waals surface area contributed by atoms with Crippen LogP contribution in [-0.4, -0.2) is 13.2 Å². The van der Waals surface area contributed by atoms with Crippen molar-refractivity contribution in [1.29, 1.82) is 10.5 Å². The molecule has 0 N–H and O–H groups in total. The van der Waals surface area contributed by atoms with Crippen molar-refractivity contribution in [3.05, 3.63) is 71.8 Å². The molecule has 2 aromatic rings. The standard InChI is InChI=1S/C18H14N2O2/c19-13-15-7-1-3-9-17(15)21-11-5-6-12-22-18-10-4-2-8-16(18)14-20/h1-10H,11-12H2. The monoisotopic (exact) mass is 290 g/mol. The predicted molar refractivity (Wildman–Crippen MR) is 82.4 cm³/mol. The molecular weight excluding hydrogens is 276 g/mol. The first kappa shape index (κ1) is 15.2. The van der Waals surface area contributed by atoms with Crippen molar-refractivity contribution < 1.29 is 9.47 Å². The Hall–Kier alpha value is -3.24. The maximum absolute atomic E-state index is 8.94. The molecule has 0 unspecified atom stereocenters. The SMILES string of the molecule is N#Cc1ccccc1OCC=CCOc1ccccc1C#N. The number of hydrogen-bond donors (Lipinski definition) is 0. The Morgan fingerprint density at radius 2 is 1.14 bits per heavy atom. The number of para-hydroxylation sites is 2. The molecule has 0 aliphatic heterocycles. The van der Waals surface area contributed by atoms with Crippen LogP contribution in [0, 0.1) is 22.7 Å². The molecule has 0 amide bonds. The highest BCUT2D eigenvalue weighted by Crippen LogP contribution is 2.17. The Kier molecular flexibility index (Phi) is 5.61. The van der Waals surface area contributed by atoms with E-state index in [0.717, 1.165) is 0 Å². The first-order valence-corrected chi connectivity index (χ1v) is 6.74. The molecule has 0 aliphatic rings. The molecule has 4 nitrogen and oxygen atoms in total. The van der Waals surface area contributed by atoms with Gasteiger partial charge in [0, 0.05) is 0 Å². The molecule has 0 heterocycles. The summed E-state index contributed by atoms with van der Waals surface area (Å²) in [5, 5.41) is 17.9. The highest BCUT2D eigenvalue weighted by Gasteiger charge is 2.00. The lowest BCUT2D eigenvalue weighted by molar-refractivity contribution is 0.349. The number of nitrogens with zero attached hydrogens (tertiary/aromatic N) is 2. The highest BCUT2D eigenvalue weighted by atomic mass is 16.5. The third-order valence-corrected chi connectivity index (χ3v) is 2.85. The normalized spacial score (nSPS) is 9.91. The Labute approximate surface area is 129 Å². The molecule has 0 bridgehead atoms. The summed E-state index contributed by atoms with van der Waals surface area (Å²) >= 11 is 0. The van der Waals surface area contributed by atoms with Gasteiger partial charge in [0.1, 0.15) is 36.9 Å². The van der Waals surface area contributed by atoms with Gasteiger partial charge in [0.25, 0.3) is 0 Å². The Bertz CT molecular complexity index is 676. The van der Waals surface area contributed by atoms with E-state index >= 15 is 0 Å². The molecule has 0 saturated carbocycles. The molecule has 0 aromatic heterocycles. The van der Waals surface area contributed by atoms with Gasteiger partial charge in [-0.15, -0.1) is 0 Å². The lowest BCUT2D eigenvalue weighted by Gasteiger charge is -2.05. The molecule has 108 valence electrons. The van der Waals surface area contributed by atoms with Gasteiger partial charge in [0.05, 0.1) is 11.1 Å². The fourth-order valence-corrected chi connectivity index (χ4v) is 1.78. The number of benzene rings is 2. The summed E-state index contributed by atoms with van der Waals surface area (Å²) in [7, 11) is 0. The lowest BCUT2D eigenvalue weighted by atomic mass is 10.2. The number of rotatable bonds is 6. The van der Waals surface area contributed by atoms with Gasteiger partial charge in [-0.05, 0) is 36.4 Å². The van der Waals surface area contributed by atoms with Crippen LogP contribution in [0.4, 0.5) is 0 Å². The van der Waals surface area contributed by atoms with Crippen molar-refractivity contribution in [3.8, 4) is 23.6 Å². The van der Waals surface area contributed by atoms with Crippen LogP contribution in [0.15, 0.2) is 60.7 Å². The van der Waals surface area contributed by atoms with Crippen LogP contribution in [0.25, 0.3) is 0 Å². The van der Waals surface area contributed by atoms with Crippen molar-refractivity contribution in [1.82, 2.24) is 0 Å². The number of ether oxygens (including phenoxy) is 2. The molecule has 2 rings (SSSR count). The number of nitriles is 2. The molecule has 0 saturated heterocycles. The van der Waals surface area contributed by atoms with Crippen LogP contribution in [-0.2, 0) is 0 Å². The average molecular weight is 290 g/mol. The molecule has 0 aliphatic carbocycles. The molecule has 2 aromatic carbocycles. The van der Waals surface area contributed by atoms with E-state index in [2.05, 4.69) is 12.1 Å². The summed E-state index contributed by atoms with van der Waals surface area (Å²) in [6.07, 6.45) is 3.62. The van der Waals surface area contributed by atoms with Gasteiger partial charge in [-0.3, -0.25) is 0 Å². The minimum Gasteiger partial charge on any atom is -0.488 e. The lowest BCUT2D eigenvalue weighted by Crippen LogP contribution is -1.98. The second-order valence-corrected chi connectivity index (χ2v) is 4.31. The van der Waals surface area contributed by atoms with Gasteiger partial charge in [-0.2, -0.15) is 10.5 Å². The summed E-state index contributed by atoms with van der Waals surface area (Å²) in [6, 6.07) is 18.3. The molecule has 22 heavy (non-hydrogen) atoms. The summed E-state index contributed by atoms with van der Waals surface area (Å²) in [5.74, 6) is 1.12. The topological polar surface area (TPSA) is 66.0 Å². The van der Waals surface area contributed by atoms with Crippen LogP contribution in [0.5, 0.6) is 11.5 Å². The summed E-state index contributed by atoms with van der Waals surface area (Å²) in [6.45, 7) is 0.698. The van der Waals surface area contributed by atoms with Crippen LogP contribution >= 0.6 is 0 Å². The quantitative estimate of drug-likeness (QED) is 0.764. The zero-order chi connectivity index (χ0) is 15.6. The first-order chi connectivity index (χ1) is 10.8. The summed E-state index contributed by atoms with van der Waals surface area (Å²) < 4.78 is 11.0. The number of hydrogen-bond acceptors (Lipinski definition) is 4. The Balaban J connectivity index is 1.80. The van der Waals surface area contributed by atoms with E-state index in [1.165, 1.54) is 0 Å². The van der Waals surface area contributed by atoms with Crippen molar-refractivity contribution in [2.75, 3.05) is 13.2 Å².